The summed E-state index contributed by atoms with van der Waals surface area (Å²) in [5, 5.41) is 11.2. The van der Waals surface area contributed by atoms with E-state index < -0.39 is 5.60 Å². The Morgan fingerprint density at radius 2 is 1.88 bits per heavy atom. The van der Waals surface area contributed by atoms with Gasteiger partial charge in [0.25, 0.3) is 5.69 Å². The maximum absolute atomic E-state index is 12.5. The van der Waals surface area contributed by atoms with Crippen LogP contribution in [-0.4, -0.2) is 57.2 Å². The first-order valence-electron chi connectivity index (χ1n) is 11.0. The van der Waals surface area contributed by atoms with E-state index in [2.05, 4.69) is 29.4 Å². The first-order chi connectivity index (χ1) is 15.0. The standard InChI is InChI=1S/C23H31N5O4/c1-15(2)8-9-27-20-7-6-18(28(30)31)10-19(20)24-21(27)25-11-16-13-26(14-17(16)12-25)22(29)32-23(3,4)5/h6-8,10,16-17H,9,11-14H2,1-5H3. The van der Waals surface area contributed by atoms with E-state index in [0.717, 1.165) is 24.6 Å². The number of benzene rings is 1. The van der Waals surface area contributed by atoms with Crippen LogP contribution in [0.2, 0.25) is 0 Å². The Morgan fingerprint density at radius 1 is 1.22 bits per heavy atom. The number of carbonyl (C=O) groups excluding carboxylic acids is 1. The van der Waals surface area contributed by atoms with Crippen LogP contribution in [0.25, 0.3) is 11.0 Å². The molecule has 0 radical (unpaired) electrons. The Balaban J connectivity index is 1.57. The van der Waals surface area contributed by atoms with Crippen molar-refractivity contribution in [3.8, 4) is 0 Å². The van der Waals surface area contributed by atoms with Crippen molar-refractivity contribution >= 4 is 28.8 Å². The smallest absolute Gasteiger partial charge is 0.410 e. The van der Waals surface area contributed by atoms with Gasteiger partial charge in [0.1, 0.15) is 5.60 Å². The molecule has 172 valence electrons. The molecule has 0 saturated carbocycles. The molecule has 4 rings (SSSR count). The van der Waals surface area contributed by atoms with Crippen LogP contribution in [0, 0.1) is 22.0 Å². The third kappa shape index (κ3) is 4.42. The zero-order valence-corrected chi connectivity index (χ0v) is 19.4. The Bertz CT molecular complexity index is 1070. The first kappa shape index (κ1) is 22.1. The minimum atomic E-state index is -0.501. The monoisotopic (exact) mass is 441 g/mol. The fourth-order valence-electron chi connectivity index (χ4n) is 4.55. The summed E-state index contributed by atoms with van der Waals surface area (Å²) in [6.45, 7) is 13.3. The maximum Gasteiger partial charge on any atom is 0.410 e. The van der Waals surface area contributed by atoms with Crippen molar-refractivity contribution in [3.63, 3.8) is 0 Å². The lowest BCUT2D eigenvalue weighted by atomic mass is 10.0. The van der Waals surface area contributed by atoms with E-state index in [1.165, 1.54) is 11.6 Å². The van der Waals surface area contributed by atoms with Crippen LogP contribution in [0.4, 0.5) is 16.4 Å². The summed E-state index contributed by atoms with van der Waals surface area (Å²) in [4.78, 5) is 32.2. The molecular formula is C23H31N5O4. The Kier molecular flexibility index (Phi) is 5.60. The molecule has 1 amide bonds. The lowest BCUT2D eigenvalue weighted by Crippen LogP contribution is -2.37. The first-order valence-corrected chi connectivity index (χ1v) is 11.0. The Labute approximate surface area is 187 Å². The summed E-state index contributed by atoms with van der Waals surface area (Å²) in [6, 6.07) is 4.85. The van der Waals surface area contributed by atoms with Crippen molar-refractivity contribution in [3.05, 3.63) is 40.0 Å². The fourth-order valence-corrected chi connectivity index (χ4v) is 4.55. The number of hydrogen-bond acceptors (Lipinski definition) is 6. The molecule has 0 bridgehead atoms. The molecule has 2 fully saturated rings. The van der Waals surface area contributed by atoms with E-state index >= 15 is 0 Å². The minimum Gasteiger partial charge on any atom is -0.444 e. The highest BCUT2D eigenvalue weighted by Crippen LogP contribution is 2.36. The molecule has 2 aliphatic rings. The zero-order valence-electron chi connectivity index (χ0n) is 19.4. The minimum absolute atomic E-state index is 0.0437. The molecule has 2 saturated heterocycles. The highest BCUT2D eigenvalue weighted by Gasteiger charge is 2.43. The van der Waals surface area contributed by atoms with Crippen molar-refractivity contribution in [2.45, 2.75) is 46.8 Å². The number of ether oxygens (including phenoxy) is 1. The number of nitrogens with zero attached hydrogens (tertiary/aromatic N) is 5. The van der Waals surface area contributed by atoms with Crippen molar-refractivity contribution in [1.82, 2.24) is 14.5 Å². The van der Waals surface area contributed by atoms with Gasteiger partial charge < -0.3 is 19.1 Å². The van der Waals surface area contributed by atoms with Gasteiger partial charge >= 0.3 is 6.09 Å². The molecule has 0 spiro atoms. The van der Waals surface area contributed by atoms with Gasteiger partial charge in [0.2, 0.25) is 5.95 Å². The molecule has 1 aromatic carbocycles. The number of allylic oxidation sites excluding steroid dienone is 2. The van der Waals surface area contributed by atoms with Gasteiger partial charge in [-0.1, -0.05) is 11.6 Å². The second kappa shape index (κ2) is 8.11. The lowest BCUT2D eigenvalue weighted by Gasteiger charge is -2.26. The molecular weight excluding hydrogens is 410 g/mol. The molecule has 2 unspecified atom stereocenters. The predicted molar refractivity (Wildman–Crippen MR) is 123 cm³/mol. The van der Waals surface area contributed by atoms with E-state index in [0.29, 0.717) is 37.0 Å². The molecule has 2 aliphatic heterocycles. The van der Waals surface area contributed by atoms with Gasteiger partial charge in [-0.05, 0) is 40.7 Å². The van der Waals surface area contributed by atoms with Gasteiger partial charge in [0, 0.05) is 56.7 Å². The summed E-state index contributed by atoms with van der Waals surface area (Å²) in [5.41, 5.74) is 2.26. The van der Waals surface area contributed by atoms with Crippen LogP contribution < -0.4 is 4.90 Å². The fraction of sp³-hybridized carbons (Fsp3) is 0.565. The number of non-ortho nitro benzene ring substituents is 1. The van der Waals surface area contributed by atoms with Crippen molar-refractivity contribution < 1.29 is 14.5 Å². The number of carbonyl (C=O) groups is 1. The van der Waals surface area contributed by atoms with Crippen molar-refractivity contribution in [2.24, 2.45) is 11.8 Å². The van der Waals surface area contributed by atoms with Gasteiger partial charge in [-0.2, -0.15) is 0 Å². The topological polar surface area (TPSA) is 93.7 Å². The summed E-state index contributed by atoms with van der Waals surface area (Å²) in [7, 11) is 0. The van der Waals surface area contributed by atoms with Gasteiger partial charge in [0.05, 0.1) is 16.0 Å². The Morgan fingerprint density at radius 3 is 2.44 bits per heavy atom. The average Bonchev–Trinajstić information content (AvgIpc) is 3.35. The third-order valence-electron chi connectivity index (χ3n) is 6.03. The van der Waals surface area contributed by atoms with E-state index in [1.807, 2.05) is 25.7 Å². The van der Waals surface area contributed by atoms with E-state index in [1.54, 1.807) is 12.1 Å². The van der Waals surface area contributed by atoms with Gasteiger partial charge in [0.15, 0.2) is 0 Å². The van der Waals surface area contributed by atoms with Gasteiger partial charge in [-0.15, -0.1) is 0 Å². The van der Waals surface area contributed by atoms with Crippen LogP contribution in [0.5, 0.6) is 0 Å². The largest absolute Gasteiger partial charge is 0.444 e. The average molecular weight is 442 g/mol. The summed E-state index contributed by atoms with van der Waals surface area (Å²) < 4.78 is 7.66. The van der Waals surface area contributed by atoms with E-state index in [9.17, 15) is 14.9 Å². The molecule has 0 aliphatic carbocycles. The van der Waals surface area contributed by atoms with Crippen molar-refractivity contribution in [2.75, 3.05) is 31.1 Å². The summed E-state index contributed by atoms with van der Waals surface area (Å²) in [5.74, 6) is 1.54. The number of aromatic nitrogens is 2. The van der Waals surface area contributed by atoms with E-state index in [4.69, 9.17) is 9.72 Å². The second-order valence-electron chi connectivity index (χ2n) is 10.0. The second-order valence-corrected chi connectivity index (χ2v) is 10.0. The highest BCUT2D eigenvalue weighted by molar-refractivity contribution is 5.81. The predicted octanol–water partition coefficient (Wildman–Crippen LogP) is 4.21. The van der Waals surface area contributed by atoms with Gasteiger partial charge in [-0.3, -0.25) is 10.1 Å². The molecule has 9 nitrogen and oxygen atoms in total. The van der Waals surface area contributed by atoms with Crippen LogP contribution in [0.1, 0.15) is 34.6 Å². The number of hydrogen-bond donors (Lipinski definition) is 0. The molecule has 32 heavy (non-hydrogen) atoms. The highest BCUT2D eigenvalue weighted by atomic mass is 16.6. The maximum atomic E-state index is 12.5. The van der Waals surface area contributed by atoms with E-state index in [-0.39, 0.29) is 16.7 Å². The summed E-state index contributed by atoms with van der Waals surface area (Å²) >= 11 is 0. The molecule has 2 atom stereocenters. The van der Waals surface area contributed by atoms with Crippen LogP contribution >= 0.6 is 0 Å². The molecule has 2 aromatic rings. The normalized spacial score (nSPS) is 20.5. The van der Waals surface area contributed by atoms with Crippen LogP contribution in [0.15, 0.2) is 29.8 Å². The molecule has 3 heterocycles. The molecule has 1 aromatic heterocycles. The number of anilines is 1. The molecule has 0 N–H and O–H groups in total. The number of nitro benzene ring substituents is 1. The number of likely N-dealkylation sites (tertiary alicyclic amines) is 1. The quantitative estimate of drug-likeness (QED) is 0.401. The van der Waals surface area contributed by atoms with Gasteiger partial charge in [-0.25, -0.2) is 9.78 Å². The zero-order chi connectivity index (χ0) is 23.2. The summed E-state index contributed by atoms with van der Waals surface area (Å²) in [6.07, 6.45) is 1.88. The number of amides is 1. The Hall–Kier alpha value is -3.10. The number of rotatable bonds is 4. The SMILES string of the molecule is CC(C)=CCn1c(N2CC3CN(C(=O)OC(C)(C)C)CC3C2)nc2cc([N+](=O)[O-])ccc21. The number of fused-ring (bicyclic) bond motifs is 2. The lowest BCUT2D eigenvalue weighted by molar-refractivity contribution is -0.384. The van der Waals surface area contributed by atoms with Crippen LogP contribution in [-0.2, 0) is 11.3 Å². The number of imidazole rings is 1. The van der Waals surface area contributed by atoms with Crippen molar-refractivity contribution in [1.29, 1.82) is 0 Å². The molecule has 9 heteroatoms. The third-order valence-corrected chi connectivity index (χ3v) is 6.03. The number of nitro groups is 1. The van der Waals surface area contributed by atoms with Crippen LogP contribution in [0.3, 0.4) is 0 Å².